The molecule has 7 heteroatoms. The number of hydrogen-bond acceptors (Lipinski definition) is 5. The maximum atomic E-state index is 12.9. The molecular formula is C21H16N4O3. The van der Waals surface area contributed by atoms with Crippen molar-refractivity contribution >= 4 is 22.6 Å². The van der Waals surface area contributed by atoms with Crippen molar-refractivity contribution in [2.45, 2.75) is 6.61 Å². The van der Waals surface area contributed by atoms with E-state index in [4.69, 9.17) is 0 Å². The fourth-order valence-electron chi connectivity index (χ4n) is 2.96. The molecule has 0 radical (unpaired) electrons. The third kappa shape index (κ3) is 3.26. The number of nitrogens with zero attached hydrogens (tertiary/aromatic N) is 3. The number of aliphatic hydroxyl groups is 1. The highest BCUT2D eigenvalue weighted by molar-refractivity contribution is 6.05. The van der Waals surface area contributed by atoms with Crippen LogP contribution in [-0.4, -0.2) is 25.5 Å². The second-order valence-corrected chi connectivity index (χ2v) is 6.13. The summed E-state index contributed by atoms with van der Waals surface area (Å²) < 4.78 is 1.68. The highest BCUT2D eigenvalue weighted by Gasteiger charge is 2.17. The summed E-state index contributed by atoms with van der Waals surface area (Å²) in [4.78, 5) is 33.9. The summed E-state index contributed by atoms with van der Waals surface area (Å²) in [5.74, 6) is -0.519. The molecule has 138 valence electrons. The van der Waals surface area contributed by atoms with Gasteiger partial charge in [-0.1, -0.05) is 12.1 Å². The van der Waals surface area contributed by atoms with Gasteiger partial charge in [-0.3, -0.25) is 14.6 Å². The zero-order chi connectivity index (χ0) is 19.5. The number of amides is 1. The summed E-state index contributed by atoms with van der Waals surface area (Å²) >= 11 is 0. The molecule has 0 fully saturated rings. The van der Waals surface area contributed by atoms with Crippen LogP contribution in [0.1, 0.15) is 15.9 Å². The van der Waals surface area contributed by atoms with Crippen LogP contribution in [0.15, 0.2) is 78.1 Å². The molecule has 4 rings (SSSR count). The topological polar surface area (TPSA) is 97.1 Å². The summed E-state index contributed by atoms with van der Waals surface area (Å²) in [6.07, 6.45) is 6.17. The summed E-state index contributed by atoms with van der Waals surface area (Å²) in [5.41, 5.74) is 1.97. The van der Waals surface area contributed by atoms with Gasteiger partial charge in [0.05, 0.1) is 12.0 Å². The van der Waals surface area contributed by atoms with Gasteiger partial charge >= 0.3 is 0 Å². The Morgan fingerprint density at radius 3 is 2.68 bits per heavy atom. The molecule has 0 saturated heterocycles. The molecule has 0 aliphatic rings. The lowest BCUT2D eigenvalue weighted by atomic mass is 10.1. The number of aromatic nitrogens is 3. The van der Waals surface area contributed by atoms with Crippen molar-refractivity contribution in [1.82, 2.24) is 14.5 Å². The zero-order valence-corrected chi connectivity index (χ0v) is 14.7. The number of nitrogens with one attached hydrogen (secondary N) is 1. The molecule has 0 aliphatic heterocycles. The van der Waals surface area contributed by atoms with Crippen molar-refractivity contribution in [2.24, 2.45) is 0 Å². The lowest BCUT2D eigenvalue weighted by Crippen LogP contribution is -2.24. The first-order valence-electron chi connectivity index (χ1n) is 8.59. The molecule has 3 aromatic heterocycles. The average Bonchev–Trinajstić information content (AvgIpc) is 2.75. The third-order valence-corrected chi connectivity index (χ3v) is 4.32. The number of pyridine rings is 3. The SMILES string of the molecule is O=C(Nc1ccncc1)c1cn(-c2cccc(CO)c2)c2ncccc2c1=O. The van der Waals surface area contributed by atoms with Crippen LogP contribution in [0, 0.1) is 0 Å². The van der Waals surface area contributed by atoms with E-state index >= 15 is 0 Å². The Balaban J connectivity index is 1.89. The van der Waals surface area contributed by atoms with E-state index in [1.54, 1.807) is 65.6 Å². The molecule has 7 nitrogen and oxygen atoms in total. The highest BCUT2D eigenvalue weighted by Crippen LogP contribution is 2.18. The van der Waals surface area contributed by atoms with Crippen LogP contribution in [-0.2, 0) is 6.61 Å². The van der Waals surface area contributed by atoms with Gasteiger partial charge in [0.2, 0.25) is 5.43 Å². The van der Waals surface area contributed by atoms with Crippen LogP contribution >= 0.6 is 0 Å². The fourth-order valence-corrected chi connectivity index (χ4v) is 2.96. The highest BCUT2D eigenvalue weighted by atomic mass is 16.3. The minimum absolute atomic E-state index is 0.00767. The van der Waals surface area contributed by atoms with Crippen molar-refractivity contribution < 1.29 is 9.90 Å². The summed E-state index contributed by atoms with van der Waals surface area (Å²) in [5, 5.41) is 12.5. The molecule has 28 heavy (non-hydrogen) atoms. The second kappa shape index (κ2) is 7.42. The first-order valence-corrected chi connectivity index (χ1v) is 8.59. The van der Waals surface area contributed by atoms with E-state index in [1.807, 2.05) is 6.07 Å². The molecule has 0 saturated carbocycles. The van der Waals surface area contributed by atoms with Crippen molar-refractivity contribution in [1.29, 1.82) is 0 Å². The number of carbonyl (C=O) groups excluding carboxylic acids is 1. The van der Waals surface area contributed by atoms with E-state index in [1.165, 1.54) is 6.20 Å². The number of anilines is 1. The quantitative estimate of drug-likeness (QED) is 0.574. The van der Waals surface area contributed by atoms with Gasteiger partial charge in [-0.05, 0) is 42.0 Å². The van der Waals surface area contributed by atoms with Crippen molar-refractivity contribution in [2.75, 3.05) is 5.32 Å². The molecule has 1 amide bonds. The monoisotopic (exact) mass is 372 g/mol. The van der Waals surface area contributed by atoms with Crippen LogP contribution in [0.4, 0.5) is 5.69 Å². The molecule has 0 unspecified atom stereocenters. The standard InChI is InChI=1S/C21H16N4O3/c26-13-14-3-1-4-16(11-14)25-12-18(19(27)17-5-2-8-23-20(17)25)21(28)24-15-6-9-22-10-7-15/h1-12,26H,13H2,(H,22,24,28). The number of fused-ring (bicyclic) bond motifs is 1. The predicted octanol–water partition coefficient (Wildman–Crippen LogP) is 2.53. The van der Waals surface area contributed by atoms with E-state index in [0.717, 1.165) is 0 Å². The van der Waals surface area contributed by atoms with Gasteiger partial charge in [0.15, 0.2) is 0 Å². The normalized spacial score (nSPS) is 10.8. The van der Waals surface area contributed by atoms with Gasteiger partial charge in [0, 0.05) is 36.2 Å². The summed E-state index contributed by atoms with van der Waals surface area (Å²) in [6.45, 7) is -0.116. The Hall–Kier alpha value is -3.84. The number of benzene rings is 1. The lowest BCUT2D eigenvalue weighted by Gasteiger charge is -2.13. The number of aliphatic hydroxyl groups excluding tert-OH is 1. The van der Waals surface area contributed by atoms with Gasteiger partial charge in [-0.15, -0.1) is 0 Å². The van der Waals surface area contributed by atoms with E-state index in [-0.39, 0.29) is 12.2 Å². The zero-order valence-electron chi connectivity index (χ0n) is 14.7. The molecule has 1 aromatic carbocycles. The number of rotatable bonds is 4. The molecule has 4 aromatic rings. The Labute approximate surface area is 159 Å². The van der Waals surface area contributed by atoms with Gasteiger partial charge in [0.25, 0.3) is 5.91 Å². The Morgan fingerprint density at radius 2 is 1.89 bits per heavy atom. The molecule has 0 aliphatic carbocycles. The minimum atomic E-state index is -0.519. The van der Waals surface area contributed by atoms with Crippen LogP contribution in [0.5, 0.6) is 0 Å². The Kier molecular flexibility index (Phi) is 4.65. The first-order chi connectivity index (χ1) is 13.7. The fraction of sp³-hybridized carbons (Fsp3) is 0.0476. The van der Waals surface area contributed by atoms with E-state index in [0.29, 0.717) is 28.0 Å². The van der Waals surface area contributed by atoms with Gasteiger partial charge in [0.1, 0.15) is 11.2 Å². The van der Waals surface area contributed by atoms with Crippen LogP contribution < -0.4 is 10.7 Å². The minimum Gasteiger partial charge on any atom is -0.392 e. The van der Waals surface area contributed by atoms with Gasteiger partial charge in [-0.25, -0.2) is 4.98 Å². The molecule has 0 bridgehead atoms. The van der Waals surface area contributed by atoms with Crippen LogP contribution in [0.3, 0.4) is 0 Å². The average molecular weight is 372 g/mol. The number of carbonyl (C=O) groups is 1. The van der Waals surface area contributed by atoms with Crippen molar-refractivity contribution in [3.05, 3.63) is 94.7 Å². The molecule has 0 atom stereocenters. The Morgan fingerprint density at radius 1 is 1.07 bits per heavy atom. The maximum Gasteiger partial charge on any atom is 0.261 e. The van der Waals surface area contributed by atoms with Crippen molar-refractivity contribution in [3.63, 3.8) is 0 Å². The summed E-state index contributed by atoms with van der Waals surface area (Å²) in [7, 11) is 0. The molecule has 2 N–H and O–H groups in total. The first kappa shape index (κ1) is 17.6. The second-order valence-electron chi connectivity index (χ2n) is 6.13. The van der Waals surface area contributed by atoms with E-state index < -0.39 is 11.3 Å². The molecular weight excluding hydrogens is 356 g/mol. The third-order valence-electron chi connectivity index (χ3n) is 4.32. The summed E-state index contributed by atoms with van der Waals surface area (Å²) in [6, 6.07) is 13.8. The smallest absolute Gasteiger partial charge is 0.261 e. The maximum absolute atomic E-state index is 12.9. The van der Waals surface area contributed by atoms with Crippen molar-refractivity contribution in [3.8, 4) is 5.69 Å². The Bertz CT molecular complexity index is 1220. The lowest BCUT2D eigenvalue weighted by molar-refractivity contribution is 0.102. The van der Waals surface area contributed by atoms with E-state index in [9.17, 15) is 14.7 Å². The van der Waals surface area contributed by atoms with Crippen LogP contribution in [0.25, 0.3) is 16.7 Å². The van der Waals surface area contributed by atoms with Crippen LogP contribution in [0.2, 0.25) is 0 Å². The number of hydrogen-bond donors (Lipinski definition) is 2. The van der Waals surface area contributed by atoms with Gasteiger partial charge in [-0.2, -0.15) is 0 Å². The predicted molar refractivity (Wildman–Crippen MR) is 105 cm³/mol. The largest absolute Gasteiger partial charge is 0.392 e. The molecule has 0 spiro atoms. The molecule has 3 heterocycles. The van der Waals surface area contributed by atoms with Gasteiger partial charge < -0.3 is 15.0 Å². The van der Waals surface area contributed by atoms with E-state index in [2.05, 4.69) is 15.3 Å².